The van der Waals surface area contributed by atoms with Gasteiger partial charge in [0, 0.05) is 6.20 Å². The van der Waals surface area contributed by atoms with E-state index in [0.29, 0.717) is 5.92 Å². The van der Waals surface area contributed by atoms with Gasteiger partial charge in [0.25, 0.3) is 0 Å². The largest absolute Gasteiger partial charge is 0.306 e. The van der Waals surface area contributed by atoms with Gasteiger partial charge in [-0.1, -0.05) is 37.6 Å². The molecule has 0 bridgehead atoms. The van der Waals surface area contributed by atoms with E-state index < -0.39 is 0 Å². The highest BCUT2D eigenvalue weighted by molar-refractivity contribution is 5.39. The molecular weight excluding hydrogens is 263 g/mol. The zero-order chi connectivity index (χ0) is 14.7. The molecule has 0 amide bonds. The van der Waals surface area contributed by atoms with Crippen LogP contribution < -0.4 is 5.32 Å². The van der Waals surface area contributed by atoms with Crippen LogP contribution in [0.1, 0.15) is 54.8 Å². The van der Waals surface area contributed by atoms with E-state index in [1.165, 1.54) is 36.6 Å². The maximum Gasteiger partial charge on any atom is 0.141 e. The highest BCUT2D eigenvalue weighted by atomic mass is 19.1. The van der Waals surface area contributed by atoms with E-state index in [1.54, 1.807) is 12.3 Å². The van der Waals surface area contributed by atoms with Crippen molar-refractivity contribution in [3.63, 3.8) is 0 Å². The summed E-state index contributed by atoms with van der Waals surface area (Å²) in [5.74, 6) is 0.375. The number of benzene rings is 1. The van der Waals surface area contributed by atoms with E-state index in [0.717, 1.165) is 12.1 Å². The number of pyridine rings is 1. The zero-order valence-corrected chi connectivity index (χ0v) is 12.3. The van der Waals surface area contributed by atoms with Gasteiger partial charge in [-0.25, -0.2) is 4.39 Å². The van der Waals surface area contributed by atoms with Gasteiger partial charge in [0.2, 0.25) is 0 Å². The Morgan fingerprint density at radius 3 is 2.76 bits per heavy atom. The summed E-state index contributed by atoms with van der Waals surface area (Å²) in [5, 5.41) is 3.48. The van der Waals surface area contributed by atoms with Gasteiger partial charge in [-0.05, 0) is 48.1 Å². The third-order valence-electron chi connectivity index (χ3n) is 4.32. The molecule has 2 nitrogen and oxygen atoms in total. The minimum absolute atomic E-state index is 0.00926. The Morgan fingerprint density at radius 2 is 2.10 bits per heavy atom. The molecule has 0 saturated heterocycles. The summed E-state index contributed by atoms with van der Waals surface area (Å²) in [4.78, 5) is 4.01. The first kappa shape index (κ1) is 14.2. The van der Waals surface area contributed by atoms with Crippen LogP contribution in [0.3, 0.4) is 0 Å². The topological polar surface area (TPSA) is 24.9 Å². The lowest BCUT2D eigenvalue weighted by Crippen LogP contribution is -2.25. The highest BCUT2D eigenvalue weighted by Crippen LogP contribution is 2.40. The Balaban J connectivity index is 2.01. The molecule has 0 spiro atoms. The van der Waals surface area contributed by atoms with Crippen molar-refractivity contribution in [3.8, 4) is 0 Å². The molecule has 1 aromatic carbocycles. The van der Waals surface area contributed by atoms with Crippen molar-refractivity contribution < 1.29 is 4.39 Å². The monoisotopic (exact) mass is 284 g/mol. The lowest BCUT2D eigenvalue weighted by atomic mass is 9.76. The van der Waals surface area contributed by atoms with E-state index >= 15 is 0 Å². The first-order chi connectivity index (χ1) is 10.3. The second-order valence-electron chi connectivity index (χ2n) is 5.68. The fourth-order valence-corrected chi connectivity index (χ4v) is 3.06. The summed E-state index contributed by atoms with van der Waals surface area (Å²) in [6.45, 7) is 2.91. The quantitative estimate of drug-likeness (QED) is 0.890. The van der Waals surface area contributed by atoms with Crippen molar-refractivity contribution >= 4 is 0 Å². The maximum absolute atomic E-state index is 13.5. The zero-order valence-electron chi connectivity index (χ0n) is 12.3. The number of nitrogens with one attached hydrogen (secondary N) is 1. The van der Waals surface area contributed by atoms with Crippen LogP contribution in [0.4, 0.5) is 4.39 Å². The molecule has 1 unspecified atom stereocenters. The summed E-state index contributed by atoms with van der Waals surface area (Å²) in [6.07, 6.45) is 6.85. The molecule has 1 atom stereocenters. The molecule has 3 rings (SSSR count). The van der Waals surface area contributed by atoms with Crippen molar-refractivity contribution in [2.24, 2.45) is 0 Å². The van der Waals surface area contributed by atoms with Crippen molar-refractivity contribution in [1.29, 1.82) is 0 Å². The lowest BCUT2D eigenvalue weighted by Gasteiger charge is -2.31. The van der Waals surface area contributed by atoms with Crippen molar-refractivity contribution in [2.45, 2.75) is 38.1 Å². The first-order valence-corrected chi connectivity index (χ1v) is 7.72. The average Bonchev–Trinajstić information content (AvgIpc) is 2.44. The van der Waals surface area contributed by atoms with Crippen LogP contribution in [-0.4, -0.2) is 11.5 Å². The lowest BCUT2D eigenvalue weighted by molar-refractivity contribution is 0.414. The summed E-state index contributed by atoms with van der Waals surface area (Å²) in [6, 6.07) is 10.1. The third kappa shape index (κ3) is 2.98. The fourth-order valence-electron chi connectivity index (χ4n) is 3.06. The molecule has 1 N–H and O–H groups in total. The molecule has 1 saturated carbocycles. The Labute approximate surface area is 125 Å². The van der Waals surface area contributed by atoms with E-state index in [4.69, 9.17) is 0 Å². The van der Waals surface area contributed by atoms with Gasteiger partial charge < -0.3 is 5.32 Å². The van der Waals surface area contributed by atoms with Gasteiger partial charge in [-0.15, -0.1) is 0 Å². The maximum atomic E-state index is 13.5. The van der Waals surface area contributed by atoms with Gasteiger partial charge in [0.15, 0.2) is 0 Å². The molecule has 0 aliphatic heterocycles. The Hall–Kier alpha value is -1.74. The molecule has 1 heterocycles. The average molecular weight is 284 g/mol. The van der Waals surface area contributed by atoms with Crippen molar-refractivity contribution in [2.75, 3.05) is 6.54 Å². The number of nitrogens with zero attached hydrogens (tertiary/aromatic N) is 1. The summed E-state index contributed by atoms with van der Waals surface area (Å²) >= 11 is 0. The fraction of sp³-hybridized carbons (Fsp3) is 0.389. The van der Waals surface area contributed by atoms with Gasteiger partial charge in [0.1, 0.15) is 5.82 Å². The first-order valence-electron chi connectivity index (χ1n) is 7.72. The number of hydrogen-bond donors (Lipinski definition) is 1. The van der Waals surface area contributed by atoms with Crippen LogP contribution in [0, 0.1) is 5.82 Å². The molecule has 1 aliphatic carbocycles. The predicted octanol–water partition coefficient (Wildman–Crippen LogP) is 4.19. The standard InChI is InChI=1S/C18H21FN2/c1-2-21-18(14-10-15(19)12-20-11-14)17-9-4-3-8-16(17)13-6-5-7-13/h3-4,8-13,18,21H,2,5-7H2,1H3. The molecule has 2 aromatic rings. The van der Waals surface area contributed by atoms with Crippen LogP contribution in [0.5, 0.6) is 0 Å². The molecular formula is C18H21FN2. The Morgan fingerprint density at radius 1 is 1.29 bits per heavy atom. The Bertz CT molecular complexity index is 608. The SMILES string of the molecule is CCNC(c1cncc(F)c1)c1ccccc1C1CCC1. The molecule has 3 heteroatoms. The molecule has 1 fully saturated rings. The summed E-state index contributed by atoms with van der Waals surface area (Å²) in [5.41, 5.74) is 3.55. The van der Waals surface area contributed by atoms with Crippen LogP contribution in [-0.2, 0) is 0 Å². The molecule has 21 heavy (non-hydrogen) atoms. The van der Waals surface area contributed by atoms with Crippen LogP contribution in [0.25, 0.3) is 0 Å². The van der Waals surface area contributed by atoms with Gasteiger partial charge in [0.05, 0.1) is 12.2 Å². The Kier molecular flexibility index (Phi) is 4.30. The minimum atomic E-state index is -0.281. The van der Waals surface area contributed by atoms with E-state index in [1.807, 2.05) is 0 Å². The van der Waals surface area contributed by atoms with E-state index in [2.05, 4.69) is 41.5 Å². The molecule has 110 valence electrons. The molecule has 1 aromatic heterocycles. The van der Waals surface area contributed by atoms with Crippen LogP contribution in [0.2, 0.25) is 0 Å². The number of rotatable bonds is 5. The summed E-state index contributed by atoms with van der Waals surface area (Å²) < 4.78 is 13.5. The number of aromatic nitrogens is 1. The van der Waals surface area contributed by atoms with Crippen molar-refractivity contribution in [3.05, 3.63) is 65.2 Å². The molecule has 0 radical (unpaired) electrons. The second kappa shape index (κ2) is 6.35. The van der Waals surface area contributed by atoms with Gasteiger partial charge >= 0.3 is 0 Å². The van der Waals surface area contributed by atoms with Crippen molar-refractivity contribution in [1.82, 2.24) is 10.3 Å². The number of hydrogen-bond acceptors (Lipinski definition) is 2. The van der Waals surface area contributed by atoms with Gasteiger partial charge in [-0.3, -0.25) is 4.98 Å². The predicted molar refractivity (Wildman–Crippen MR) is 82.7 cm³/mol. The normalized spacial score (nSPS) is 16.5. The van der Waals surface area contributed by atoms with E-state index in [-0.39, 0.29) is 11.9 Å². The van der Waals surface area contributed by atoms with Gasteiger partial charge in [-0.2, -0.15) is 0 Å². The smallest absolute Gasteiger partial charge is 0.141 e. The number of halogens is 1. The third-order valence-corrected chi connectivity index (χ3v) is 4.32. The van der Waals surface area contributed by atoms with E-state index in [9.17, 15) is 4.39 Å². The van der Waals surface area contributed by atoms with Crippen LogP contribution in [0.15, 0.2) is 42.7 Å². The minimum Gasteiger partial charge on any atom is -0.306 e. The van der Waals surface area contributed by atoms with Crippen LogP contribution >= 0.6 is 0 Å². The summed E-state index contributed by atoms with van der Waals surface area (Å²) in [7, 11) is 0. The molecule has 1 aliphatic rings. The second-order valence-corrected chi connectivity index (χ2v) is 5.68. The highest BCUT2D eigenvalue weighted by Gasteiger charge is 2.25.